The molecule has 8 heteroatoms. The Kier molecular flexibility index (Phi) is 6.39. The molecule has 0 bridgehead atoms. The second kappa shape index (κ2) is 7.57. The average Bonchev–Trinajstić information content (AvgIpc) is 2.42. The first kappa shape index (κ1) is 16.9. The Morgan fingerprint density at radius 3 is 2.35 bits per heavy atom. The largest absolute Gasteiger partial charge is 0.467 e. The summed E-state index contributed by atoms with van der Waals surface area (Å²) < 4.78 is 7.61. The molecule has 0 aliphatic heterocycles. The molecule has 1 N–H and O–H groups in total. The van der Waals surface area contributed by atoms with Crippen molar-refractivity contribution >= 4 is 46.9 Å². The molecule has 0 heterocycles. The molecule has 1 aromatic carbocycles. The Morgan fingerprint density at radius 1 is 1.25 bits per heavy atom. The minimum absolute atomic E-state index is 0.438. The van der Waals surface area contributed by atoms with Crippen LogP contribution in [-0.2, 0) is 14.3 Å². The van der Waals surface area contributed by atoms with Gasteiger partial charge in [-0.1, -0.05) is 65.1 Å². The first-order valence-corrected chi connectivity index (χ1v) is 6.59. The quantitative estimate of drug-likeness (QED) is 0.676. The first-order chi connectivity index (χ1) is 9.33. The summed E-state index contributed by atoms with van der Waals surface area (Å²) in [6.45, 7) is -0.438. The number of carbonyl (C=O) groups excluding carboxylic acids is 2. The number of ether oxygens (including phenoxy) is 2. The second-order valence-corrected chi connectivity index (χ2v) is 6.22. The zero-order valence-electron chi connectivity index (χ0n) is 10.4. The van der Waals surface area contributed by atoms with Crippen molar-refractivity contribution in [1.82, 2.24) is 5.32 Å². The SMILES string of the molecule is COC(=O)C(NC(=O)OCC(Cl)(Cl)Cl)c1ccccc1. The highest BCUT2D eigenvalue weighted by Crippen LogP contribution is 2.26. The zero-order valence-corrected chi connectivity index (χ0v) is 12.7. The lowest BCUT2D eigenvalue weighted by Gasteiger charge is -2.18. The van der Waals surface area contributed by atoms with E-state index in [0.29, 0.717) is 5.56 Å². The van der Waals surface area contributed by atoms with E-state index in [1.165, 1.54) is 7.11 Å². The van der Waals surface area contributed by atoms with Crippen molar-refractivity contribution in [2.45, 2.75) is 9.83 Å². The molecule has 1 amide bonds. The fourth-order valence-electron chi connectivity index (χ4n) is 1.35. The Labute approximate surface area is 131 Å². The van der Waals surface area contributed by atoms with Crippen LogP contribution in [-0.4, -0.2) is 29.6 Å². The molecule has 0 radical (unpaired) electrons. The number of benzene rings is 1. The molecular formula is C12H12Cl3NO4. The Hall–Kier alpha value is -1.17. The van der Waals surface area contributed by atoms with Crippen LogP contribution in [0.2, 0.25) is 0 Å². The van der Waals surface area contributed by atoms with Crippen LogP contribution in [0.3, 0.4) is 0 Å². The molecular weight excluding hydrogens is 328 g/mol. The number of esters is 1. The fraction of sp³-hybridized carbons (Fsp3) is 0.333. The number of halogens is 3. The van der Waals surface area contributed by atoms with E-state index in [2.05, 4.69) is 10.1 Å². The van der Waals surface area contributed by atoms with Gasteiger partial charge in [-0.05, 0) is 5.56 Å². The van der Waals surface area contributed by atoms with E-state index in [4.69, 9.17) is 39.5 Å². The predicted octanol–water partition coefficient (Wildman–Crippen LogP) is 3.00. The molecule has 1 unspecified atom stereocenters. The maximum atomic E-state index is 11.7. The van der Waals surface area contributed by atoms with Gasteiger partial charge in [-0.3, -0.25) is 0 Å². The second-order valence-electron chi connectivity index (χ2n) is 3.70. The summed E-state index contributed by atoms with van der Waals surface area (Å²) in [5.74, 6) is -0.637. The van der Waals surface area contributed by atoms with Crippen molar-refractivity contribution in [3.05, 3.63) is 35.9 Å². The molecule has 5 nitrogen and oxygen atoms in total. The monoisotopic (exact) mass is 339 g/mol. The van der Waals surface area contributed by atoms with Gasteiger partial charge in [0.25, 0.3) is 0 Å². The number of rotatable bonds is 4. The number of carbonyl (C=O) groups is 2. The number of hydrogen-bond acceptors (Lipinski definition) is 4. The van der Waals surface area contributed by atoms with E-state index in [1.807, 2.05) is 0 Å². The van der Waals surface area contributed by atoms with Gasteiger partial charge in [0.05, 0.1) is 7.11 Å². The number of methoxy groups -OCH3 is 1. The lowest BCUT2D eigenvalue weighted by molar-refractivity contribution is -0.143. The van der Waals surface area contributed by atoms with E-state index >= 15 is 0 Å². The summed E-state index contributed by atoms with van der Waals surface area (Å²) in [7, 11) is 1.21. The van der Waals surface area contributed by atoms with E-state index in [0.717, 1.165) is 0 Å². The first-order valence-electron chi connectivity index (χ1n) is 5.46. The molecule has 0 spiro atoms. The summed E-state index contributed by atoms with van der Waals surface area (Å²) in [5.41, 5.74) is 0.546. The van der Waals surface area contributed by atoms with Gasteiger partial charge < -0.3 is 14.8 Å². The van der Waals surface area contributed by atoms with Crippen LogP contribution in [0.15, 0.2) is 30.3 Å². The minimum Gasteiger partial charge on any atom is -0.467 e. The smallest absolute Gasteiger partial charge is 0.408 e. The number of alkyl carbamates (subject to hydrolysis) is 1. The van der Waals surface area contributed by atoms with Gasteiger partial charge in [-0.2, -0.15) is 0 Å². The third-order valence-electron chi connectivity index (χ3n) is 2.20. The Balaban J connectivity index is 2.72. The molecule has 0 fully saturated rings. The maximum absolute atomic E-state index is 11.7. The molecule has 20 heavy (non-hydrogen) atoms. The highest BCUT2D eigenvalue weighted by molar-refractivity contribution is 6.67. The van der Waals surface area contributed by atoms with Crippen LogP contribution in [0.1, 0.15) is 11.6 Å². The summed E-state index contributed by atoms with van der Waals surface area (Å²) >= 11 is 16.4. The maximum Gasteiger partial charge on any atom is 0.408 e. The van der Waals surface area contributed by atoms with Crippen LogP contribution in [0.25, 0.3) is 0 Å². The van der Waals surface area contributed by atoms with E-state index < -0.39 is 28.5 Å². The van der Waals surface area contributed by atoms with E-state index in [-0.39, 0.29) is 0 Å². The topological polar surface area (TPSA) is 64.6 Å². The van der Waals surface area contributed by atoms with Crippen molar-refractivity contribution in [3.63, 3.8) is 0 Å². The molecule has 0 aromatic heterocycles. The van der Waals surface area contributed by atoms with Crippen LogP contribution in [0.4, 0.5) is 4.79 Å². The highest BCUT2D eigenvalue weighted by Gasteiger charge is 2.26. The third kappa shape index (κ3) is 5.86. The van der Waals surface area contributed by atoms with Gasteiger partial charge in [-0.15, -0.1) is 0 Å². The van der Waals surface area contributed by atoms with Crippen LogP contribution in [0.5, 0.6) is 0 Å². The molecule has 0 saturated carbocycles. The normalized spacial score (nSPS) is 12.4. The summed E-state index contributed by atoms with van der Waals surface area (Å²) in [5, 5.41) is 2.34. The molecule has 1 aromatic rings. The lowest BCUT2D eigenvalue weighted by atomic mass is 10.1. The highest BCUT2D eigenvalue weighted by atomic mass is 35.6. The Bertz CT molecular complexity index is 462. The van der Waals surface area contributed by atoms with Gasteiger partial charge in [0.1, 0.15) is 6.61 Å². The molecule has 0 aliphatic carbocycles. The van der Waals surface area contributed by atoms with Crippen molar-refractivity contribution in [1.29, 1.82) is 0 Å². The van der Waals surface area contributed by atoms with E-state index in [9.17, 15) is 9.59 Å². The van der Waals surface area contributed by atoms with Crippen molar-refractivity contribution in [2.24, 2.45) is 0 Å². The van der Waals surface area contributed by atoms with Gasteiger partial charge >= 0.3 is 12.1 Å². The van der Waals surface area contributed by atoms with Gasteiger partial charge in [0.15, 0.2) is 6.04 Å². The van der Waals surface area contributed by atoms with Crippen molar-refractivity contribution < 1.29 is 19.1 Å². The van der Waals surface area contributed by atoms with Crippen molar-refractivity contribution in [3.8, 4) is 0 Å². The summed E-state index contributed by atoms with van der Waals surface area (Å²) in [6, 6.07) is 7.55. The molecule has 1 rings (SSSR count). The zero-order chi connectivity index (χ0) is 15.2. The molecule has 0 saturated heterocycles. The fourth-order valence-corrected chi connectivity index (χ4v) is 1.51. The summed E-state index contributed by atoms with van der Waals surface area (Å²) in [6.07, 6.45) is -0.893. The van der Waals surface area contributed by atoms with Crippen LogP contribution in [0, 0.1) is 0 Å². The standard InChI is InChI=1S/C12H12Cl3NO4/c1-19-10(17)9(8-5-3-2-4-6-8)16-11(18)20-7-12(13,14)15/h2-6,9H,7H2,1H3,(H,16,18). The third-order valence-corrected chi connectivity index (χ3v) is 2.53. The number of nitrogens with one attached hydrogen (secondary N) is 1. The predicted molar refractivity (Wildman–Crippen MR) is 76.0 cm³/mol. The van der Waals surface area contributed by atoms with E-state index in [1.54, 1.807) is 30.3 Å². The van der Waals surface area contributed by atoms with Crippen LogP contribution < -0.4 is 5.32 Å². The Morgan fingerprint density at radius 2 is 1.85 bits per heavy atom. The number of hydrogen-bond donors (Lipinski definition) is 1. The molecule has 1 atom stereocenters. The molecule has 0 aliphatic rings. The minimum atomic E-state index is -1.72. The van der Waals surface area contributed by atoms with Crippen LogP contribution >= 0.6 is 34.8 Å². The van der Waals surface area contributed by atoms with Gasteiger partial charge in [-0.25, -0.2) is 9.59 Å². The van der Waals surface area contributed by atoms with Gasteiger partial charge in [0, 0.05) is 0 Å². The van der Waals surface area contributed by atoms with Gasteiger partial charge in [0.2, 0.25) is 3.79 Å². The lowest BCUT2D eigenvalue weighted by Crippen LogP contribution is -2.36. The number of alkyl halides is 3. The average molecular weight is 341 g/mol. The molecule has 110 valence electrons. The van der Waals surface area contributed by atoms with Crippen molar-refractivity contribution in [2.75, 3.05) is 13.7 Å². The number of amides is 1. The summed E-state index contributed by atoms with van der Waals surface area (Å²) in [4.78, 5) is 23.3.